The van der Waals surface area contributed by atoms with E-state index in [0.717, 1.165) is 18.9 Å². The molecule has 0 aromatic heterocycles. The van der Waals surface area contributed by atoms with Crippen molar-refractivity contribution in [2.45, 2.75) is 30.2 Å². The lowest BCUT2D eigenvalue weighted by atomic mass is 10.1. The fraction of sp³-hybridized carbons (Fsp3) is 0.538. The third kappa shape index (κ3) is 3.11. The number of rotatable bonds is 5. The molecule has 0 radical (unpaired) electrons. The maximum absolute atomic E-state index is 13.6. The molecule has 1 saturated carbocycles. The van der Waals surface area contributed by atoms with Crippen LogP contribution >= 0.6 is 0 Å². The Balaban J connectivity index is 2.20. The Bertz CT molecular complexity index is 576. The summed E-state index contributed by atoms with van der Waals surface area (Å²) in [5.41, 5.74) is 0. The van der Waals surface area contributed by atoms with E-state index in [4.69, 9.17) is 4.74 Å². The molecule has 0 saturated heterocycles. The Hall–Kier alpha value is -1.18. The Morgan fingerprint density at radius 3 is 2.80 bits per heavy atom. The van der Waals surface area contributed by atoms with E-state index in [9.17, 15) is 17.9 Å². The summed E-state index contributed by atoms with van der Waals surface area (Å²) in [6, 6.07) is 3.22. The number of halogens is 1. The highest BCUT2D eigenvalue weighted by Gasteiger charge is 2.31. The molecular formula is C13H18FNO4S. The van der Waals surface area contributed by atoms with Crippen molar-refractivity contribution in [1.82, 2.24) is 4.72 Å². The summed E-state index contributed by atoms with van der Waals surface area (Å²) in [4.78, 5) is -0.139. The van der Waals surface area contributed by atoms with E-state index in [0.29, 0.717) is 6.42 Å². The van der Waals surface area contributed by atoms with Gasteiger partial charge in [-0.15, -0.1) is 0 Å². The second kappa shape index (κ2) is 6.07. The summed E-state index contributed by atoms with van der Waals surface area (Å²) in [6.45, 7) is -0.0514. The fourth-order valence-corrected chi connectivity index (χ4v) is 3.84. The number of hydrogen-bond acceptors (Lipinski definition) is 4. The molecule has 5 nitrogen and oxygen atoms in total. The molecule has 0 spiro atoms. The Morgan fingerprint density at radius 2 is 2.20 bits per heavy atom. The summed E-state index contributed by atoms with van der Waals surface area (Å²) in [5.74, 6) is -0.800. The second-order valence-corrected chi connectivity index (χ2v) is 6.61. The number of hydrogen-bond donors (Lipinski definition) is 2. The highest BCUT2D eigenvalue weighted by molar-refractivity contribution is 7.89. The molecule has 2 rings (SSSR count). The topological polar surface area (TPSA) is 75.6 Å². The quantitative estimate of drug-likeness (QED) is 0.859. The minimum atomic E-state index is -3.79. The van der Waals surface area contributed by atoms with Gasteiger partial charge in [-0.05, 0) is 37.0 Å². The first-order chi connectivity index (χ1) is 9.47. The highest BCUT2D eigenvalue weighted by Crippen LogP contribution is 2.27. The fourth-order valence-electron chi connectivity index (χ4n) is 2.49. The van der Waals surface area contributed by atoms with Crippen molar-refractivity contribution >= 4 is 10.0 Å². The molecule has 1 aliphatic rings. The van der Waals surface area contributed by atoms with Crippen LogP contribution in [0.25, 0.3) is 0 Å². The molecule has 0 bridgehead atoms. The van der Waals surface area contributed by atoms with Crippen LogP contribution in [0.15, 0.2) is 23.1 Å². The molecule has 0 aliphatic heterocycles. The van der Waals surface area contributed by atoms with E-state index in [-0.39, 0.29) is 29.2 Å². The third-order valence-electron chi connectivity index (χ3n) is 3.63. The van der Waals surface area contributed by atoms with Gasteiger partial charge in [0.05, 0.1) is 12.0 Å². The summed E-state index contributed by atoms with van der Waals surface area (Å²) < 4.78 is 45.3. The largest absolute Gasteiger partial charge is 0.494 e. The molecule has 1 fully saturated rings. The Labute approximate surface area is 117 Å². The van der Waals surface area contributed by atoms with Gasteiger partial charge in [-0.2, -0.15) is 0 Å². The SMILES string of the molecule is COc1ccc(S(=O)(=O)NC2CCCC2CO)cc1F. The normalized spacial score (nSPS) is 22.9. The van der Waals surface area contributed by atoms with Crippen LogP contribution in [-0.2, 0) is 10.0 Å². The predicted octanol–water partition coefficient (Wildman–Crippen LogP) is 1.27. The van der Waals surface area contributed by atoms with Crippen molar-refractivity contribution < 1.29 is 22.7 Å². The minimum absolute atomic E-state index is 0.00180. The zero-order valence-electron chi connectivity index (χ0n) is 11.2. The van der Waals surface area contributed by atoms with Crippen LogP contribution < -0.4 is 9.46 Å². The molecule has 2 N–H and O–H groups in total. The molecule has 0 amide bonds. The maximum Gasteiger partial charge on any atom is 0.240 e. The first kappa shape index (κ1) is 15.2. The molecule has 1 aromatic rings. The lowest BCUT2D eigenvalue weighted by Crippen LogP contribution is -2.38. The zero-order chi connectivity index (χ0) is 14.8. The van der Waals surface area contributed by atoms with Crippen LogP contribution in [0.5, 0.6) is 5.75 Å². The van der Waals surface area contributed by atoms with Crippen molar-refractivity contribution in [3.8, 4) is 5.75 Å². The van der Waals surface area contributed by atoms with Crippen molar-refractivity contribution in [2.24, 2.45) is 5.92 Å². The van der Waals surface area contributed by atoms with Gasteiger partial charge in [0, 0.05) is 12.6 Å². The Morgan fingerprint density at radius 1 is 1.45 bits per heavy atom. The van der Waals surface area contributed by atoms with Crippen LogP contribution in [0, 0.1) is 11.7 Å². The average Bonchev–Trinajstić information content (AvgIpc) is 2.85. The molecule has 2 atom stereocenters. The van der Waals surface area contributed by atoms with Gasteiger partial charge in [-0.3, -0.25) is 0 Å². The lowest BCUT2D eigenvalue weighted by Gasteiger charge is -2.19. The monoisotopic (exact) mass is 303 g/mol. The maximum atomic E-state index is 13.6. The van der Waals surface area contributed by atoms with Crippen molar-refractivity contribution in [1.29, 1.82) is 0 Å². The van der Waals surface area contributed by atoms with Gasteiger partial charge in [0.15, 0.2) is 11.6 Å². The van der Waals surface area contributed by atoms with E-state index in [1.54, 1.807) is 0 Å². The summed E-state index contributed by atoms with van der Waals surface area (Å²) in [6.07, 6.45) is 2.35. The zero-order valence-corrected chi connectivity index (χ0v) is 12.0. The molecule has 20 heavy (non-hydrogen) atoms. The van der Waals surface area contributed by atoms with Gasteiger partial charge < -0.3 is 9.84 Å². The van der Waals surface area contributed by atoms with Crippen molar-refractivity contribution in [2.75, 3.05) is 13.7 Å². The van der Waals surface area contributed by atoms with E-state index in [1.807, 2.05) is 0 Å². The van der Waals surface area contributed by atoms with Crippen LogP contribution in [0.3, 0.4) is 0 Å². The third-order valence-corrected chi connectivity index (χ3v) is 5.12. The van der Waals surface area contributed by atoms with E-state index in [1.165, 1.54) is 19.2 Å². The number of aliphatic hydroxyl groups excluding tert-OH is 1. The summed E-state index contributed by atoms with van der Waals surface area (Å²) in [5, 5.41) is 9.20. The predicted molar refractivity (Wildman–Crippen MR) is 71.5 cm³/mol. The van der Waals surface area contributed by atoms with Gasteiger partial charge in [0.1, 0.15) is 0 Å². The molecular weight excluding hydrogens is 285 g/mol. The molecule has 1 aromatic carbocycles. The lowest BCUT2D eigenvalue weighted by molar-refractivity contribution is 0.213. The molecule has 112 valence electrons. The minimum Gasteiger partial charge on any atom is -0.494 e. The van der Waals surface area contributed by atoms with Crippen molar-refractivity contribution in [3.05, 3.63) is 24.0 Å². The van der Waals surface area contributed by atoms with E-state index < -0.39 is 15.8 Å². The molecule has 0 heterocycles. The summed E-state index contributed by atoms with van der Waals surface area (Å²) in [7, 11) is -2.48. The molecule has 7 heteroatoms. The van der Waals surface area contributed by atoms with Crippen LogP contribution in [-0.4, -0.2) is 33.3 Å². The number of aliphatic hydroxyl groups is 1. The number of nitrogens with one attached hydrogen (secondary N) is 1. The van der Waals surface area contributed by atoms with Gasteiger partial charge in [-0.1, -0.05) is 6.42 Å². The number of sulfonamides is 1. The highest BCUT2D eigenvalue weighted by atomic mass is 32.2. The average molecular weight is 303 g/mol. The summed E-state index contributed by atoms with van der Waals surface area (Å²) >= 11 is 0. The first-order valence-corrected chi connectivity index (χ1v) is 7.93. The number of methoxy groups -OCH3 is 1. The standard InChI is InChI=1S/C13H18FNO4S/c1-19-13-6-5-10(7-11(13)14)20(17,18)15-12-4-2-3-9(12)8-16/h5-7,9,12,15-16H,2-4,8H2,1H3. The van der Waals surface area contributed by atoms with E-state index in [2.05, 4.69) is 4.72 Å². The smallest absolute Gasteiger partial charge is 0.240 e. The van der Waals surface area contributed by atoms with E-state index >= 15 is 0 Å². The van der Waals surface area contributed by atoms with Gasteiger partial charge in [0.25, 0.3) is 0 Å². The number of benzene rings is 1. The number of ether oxygens (including phenoxy) is 1. The Kier molecular flexibility index (Phi) is 4.62. The van der Waals surface area contributed by atoms with Crippen LogP contribution in [0.2, 0.25) is 0 Å². The van der Waals surface area contributed by atoms with Crippen LogP contribution in [0.4, 0.5) is 4.39 Å². The van der Waals surface area contributed by atoms with Crippen LogP contribution in [0.1, 0.15) is 19.3 Å². The first-order valence-electron chi connectivity index (χ1n) is 6.44. The van der Waals surface area contributed by atoms with Gasteiger partial charge in [0.2, 0.25) is 10.0 Å². The molecule has 1 aliphatic carbocycles. The van der Waals surface area contributed by atoms with Gasteiger partial charge >= 0.3 is 0 Å². The van der Waals surface area contributed by atoms with Gasteiger partial charge in [-0.25, -0.2) is 17.5 Å². The molecule has 2 unspecified atom stereocenters. The van der Waals surface area contributed by atoms with Crippen molar-refractivity contribution in [3.63, 3.8) is 0 Å². The second-order valence-electron chi connectivity index (χ2n) is 4.90.